The van der Waals surface area contributed by atoms with Gasteiger partial charge in [-0.15, -0.1) is 0 Å². The molecule has 5 rings (SSSR count). The summed E-state index contributed by atoms with van der Waals surface area (Å²) in [6, 6.07) is 30.5. The Labute approximate surface area is 403 Å². The summed E-state index contributed by atoms with van der Waals surface area (Å²) in [5, 5.41) is 28.4. The second kappa shape index (κ2) is 25.0. The van der Waals surface area contributed by atoms with Gasteiger partial charge in [0.15, 0.2) is 0 Å². The molecule has 1 aliphatic carbocycles. The second-order valence-corrected chi connectivity index (χ2v) is 17.9. The quantitative estimate of drug-likeness (QED) is 0.0412. The van der Waals surface area contributed by atoms with Crippen LogP contribution in [-0.4, -0.2) is 103 Å². The van der Waals surface area contributed by atoms with Gasteiger partial charge in [0, 0.05) is 25.6 Å². The first-order valence-electron chi connectivity index (χ1n) is 23.1. The van der Waals surface area contributed by atoms with Gasteiger partial charge in [0.2, 0.25) is 11.8 Å². The first-order valence-corrected chi connectivity index (χ1v) is 23.1. The van der Waals surface area contributed by atoms with Gasteiger partial charge < -0.3 is 40.7 Å². The number of fused-ring (bicyclic) bond motifs is 3. The number of urea groups is 1. The molecule has 0 aromatic heterocycles. The lowest BCUT2D eigenvalue weighted by molar-refractivity contribution is -0.251. The molecule has 2 atom stereocenters. The van der Waals surface area contributed by atoms with Gasteiger partial charge in [-0.2, -0.15) is 5.10 Å². The summed E-state index contributed by atoms with van der Waals surface area (Å²) in [6.45, 7) is 10.3. The lowest BCUT2D eigenvalue weighted by Gasteiger charge is -2.29. The van der Waals surface area contributed by atoms with Crippen LogP contribution in [0.4, 0.5) is 9.59 Å². The lowest BCUT2D eigenvalue weighted by Crippen LogP contribution is -2.53. The average Bonchev–Trinajstić information content (AvgIpc) is 3.63. The van der Waals surface area contributed by atoms with E-state index in [2.05, 4.69) is 36.8 Å². The first kappa shape index (κ1) is 52.4. The highest BCUT2D eigenvalue weighted by Crippen LogP contribution is 2.44. The maximum Gasteiger partial charge on any atom is 0.407 e. The molecule has 0 fully saturated rings. The van der Waals surface area contributed by atoms with Crippen molar-refractivity contribution < 1.29 is 43.3 Å². The monoisotopic (exact) mass is 943 g/mol. The topological polar surface area (TPSA) is 232 Å². The minimum Gasteiger partial charge on any atom is -0.599 e. The Balaban J connectivity index is 1.37. The minimum absolute atomic E-state index is 0.0266. The Bertz CT molecular complexity index is 2390. The Morgan fingerprint density at radius 1 is 0.783 bits per heavy atom. The van der Waals surface area contributed by atoms with Gasteiger partial charge in [-0.3, -0.25) is 24.2 Å². The molecule has 0 saturated carbocycles. The van der Waals surface area contributed by atoms with Gasteiger partial charge in [0.1, 0.15) is 29.2 Å². The van der Waals surface area contributed by atoms with Crippen LogP contribution in [-0.2, 0) is 28.7 Å². The van der Waals surface area contributed by atoms with Crippen molar-refractivity contribution in [3.63, 3.8) is 0 Å². The predicted octanol–water partition coefficient (Wildman–Crippen LogP) is 5.34. The van der Waals surface area contributed by atoms with E-state index in [9.17, 15) is 33.9 Å². The molecule has 2 unspecified atom stereocenters. The largest absolute Gasteiger partial charge is 0.599 e. The summed E-state index contributed by atoms with van der Waals surface area (Å²) < 4.78 is 11.1. The van der Waals surface area contributed by atoms with Gasteiger partial charge in [0.05, 0.1) is 25.2 Å². The summed E-state index contributed by atoms with van der Waals surface area (Å²) in [6.07, 6.45) is -1.13. The number of rotatable bonds is 21. The van der Waals surface area contributed by atoms with Crippen LogP contribution >= 0.6 is 0 Å². The fraction of sp³-hybridized carbons (Fsp3) is 0.385. The zero-order valence-electron chi connectivity index (χ0n) is 40.2. The Hall–Kier alpha value is -7.56. The number of benzene rings is 4. The number of hydrogen-bond donors (Lipinski definition) is 5. The van der Waals surface area contributed by atoms with Crippen molar-refractivity contribution in [1.82, 2.24) is 31.6 Å². The normalized spacial score (nSPS) is 13.3. The van der Waals surface area contributed by atoms with Crippen LogP contribution in [0.5, 0.6) is 0 Å². The van der Waals surface area contributed by atoms with Gasteiger partial charge in [-0.05, 0) is 73.4 Å². The van der Waals surface area contributed by atoms with Crippen LogP contribution in [0.1, 0.15) is 95.5 Å². The fourth-order valence-corrected chi connectivity index (χ4v) is 7.78. The third-order valence-corrected chi connectivity index (χ3v) is 11.0. The third kappa shape index (κ3) is 15.5. The molecule has 0 saturated heterocycles. The van der Waals surface area contributed by atoms with Crippen LogP contribution < -0.4 is 31.8 Å². The van der Waals surface area contributed by atoms with Crippen molar-refractivity contribution in [2.75, 3.05) is 32.8 Å². The van der Waals surface area contributed by atoms with Gasteiger partial charge in [-0.1, -0.05) is 136 Å². The molecule has 17 nitrogen and oxygen atoms in total. The average molecular weight is 944 g/mol. The van der Waals surface area contributed by atoms with E-state index in [1.165, 1.54) is 6.92 Å². The van der Waals surface area contributed by atoms with Gasteiger partial charge in [0.25, 0.3) is 5.91 Å². The van der Waals surface area contributed by atoms with Gasteiger partial charge in [-0.25, -0.2) is 15.0 Å². The molecule has 5 N–H and O–H groups in total. The summed E-state index contributed by atoms with van der Waals surface area (Å²) in [5.41, 5.74) is 6.94. The zero-order chi connectivity index (χ0) is 50.1. The zero-order valence-corrected chi connectivity index (χ0v) is 40.2. The number of Topliss-reactive ketones (excluding diaryl/α,β-unsaturated/α-hetero) is 1. The number of alkyl carbamates (subject to hydrolysis) is 1. The number of hydrazone groups is 1. The van der Waals surface area contributed by atoms with Crippen LogP contribution in [0.2, 0.25) is 0 Å². The molecule has 0 bridgehead atoms. The van der Waals surface area contributed by atoms with Crippen molar-refractivity contribution in [2.45, 2.75) is 91.0 Å². The molecular formula is C52H63N8O9-. The Morgan fingerprint density at radius 2 is 1.35 bits per heavy atom. The van der Waals surface area contributed by atoms with Crippen LogP contribution in [0.25, 0.3) is 11.1 Å². The third-order valence-electron chi connectivity index (χ3n) is 11.0. The molecule has 17 heteroatoms. The number of ether oxygens (including phenoxy) is 2. The molecule has 4 aromatic rings. The number of ketones is 1. The summed E-state index contributed by atoms with van der Waals surface area (Å²) in [5.74, 6) is -3.42. The van der Waals surface area contributed by atoms with Crippen molar-refractivity contribution in [2.24, 2.45) is 16.0 Å². The van der Waals surface area contributed by atoms with E-state index >= 15 is 0 Å². The molecule has 366 valence electrons. The number of aliphatic imine (C=N–C) groups is 1. The molecule has 1 aliphatic rings. The standard InChI is InChI=1S/C52H64N8O9/c1-8-19-42(46(47(63)54-30-34(4)61)58-59-49(65)56-45(35-20-11-9-12-21-35)36-22-13-10-14-23-36)55-43(62)31-60(29-28-53-50(66)69-52(5,6)7)48(64)44(33(2)3)57-51(67)68-32-41-39-26-17-15-24-37(39)38-25-16-18-27-40(38)41/h9-18,20-27,33,41-42,44-45H,8,19,28-32H2,1-7H3,(H,53,66)(H,54,63)(H,55,62)(H,57,67)(H2,56,59,65)/p-1/b58-46-. The maximum absolute atomic E-state index is 14.4. The van der Waals surface area contributed by atoms with Crippen molar-refractivity contribution >= 4 is 47.4 Å². The lowest BCUT2D eigenvalue weighted by atomic mass is 9.98. The first-order chi connectivity index (χ1) is 32.9. The molecule has 6 amide bonds. The summed E-state index contributed by atoms with van der Waals surface area (Å²) >= 11 is 0. The van der Waals surface area contributed by atoms with Gasteiger partial charge >= 0.3 is 12.1 Å². The molecule has 0 radical (unpaired) electrons. The van der Waals surface area contributed by atoms with Crippen LogP contribution in [0.15, 0.2) is 119 Å². The van der Waals surface area contributed by atoms with E-state index in [4.69, 9.17) is 9.47 Å². The van der Waals surface area contributed by atoms with E-state index in [-0.39, 0.29) is 50.1 Å². The molecule has 4 aromatic carbocycles. The van der Waals surface area contributed by atoms with E-state index in [0.29, 0.717) is 6.42 Å². The van der Waals surface area contributed by atoms with Crippen molar-refractivity contribution in [3.05, 3.63) is 131 Å². The smallest absolute Gasteiger partial charge is 0.407 e. The Kier molecular flexibility index (Phi) is 19.0. The van der Waals surface area contributed by atoms with Crippen molar-refractivity contribution in [1.29, 1.82) is 0 Å². The number of nitrogens with zero attached hydrogens (tertiary/aromatic N) is 3. The number of hydrogen-bond acceptors (Lipinski definition) is 11. The molecule has 0 aliphatic heterocycles. The fourth-order valence-electron chi connectivity index (χ4n) is 7.78. The highest BCUT2D eigenvalue weighted by atomic mass is 16.6. The molecule has 0 spiro atoms. The predicted molar refractivity (Wildman–Crippen MR) is 261 cm³/mol. The number of carbonyl (C=O) groups is 6. The van der Waals surface area contributed by atoms with E-state index in [1.54, 1.807) is 34.6 Å². The molecular weight excluding hydrogens is 881 g/mol. The van der Waals surface area contributed by atoms with Crippen LogP contribution in [0.3, 0.4) is 0 Å². The molecule has 69 heavy (non-hydrogen) atoms. The number of nitrogens with one attached hydrogen (secondary N) is 5. The van der Waals surface area contributed by atoms with E-state index in [1.807, 2.05) is 116 Å². The van der Waals surface area contributed by atoms with E-state index < -0.39 is 72.1 Å². The highest BCUT2D eigenvalue weighted by Gasteiger charge is 2.32. The number of carbonyl (C=O) groups excluding carboxylic acids is 6. The highest BCUT2D eigenvalue weighted by molar-refractivity contribution is 6.41. The van der Waals surface area contributed by atoms with E-state index in [0.717, 1.165) is 38.3 Å². The Morgan fingerprint density at radius 3 is 1.88 bits per heavy atom. The summed E-state index contributed by atoms with van der Waals surface area (Å²) in [7, 11) is 0. The van der Waals surface area contributed by atoms with Crippen molar-refractivity contribution in [3.8, 4) is 11.1 Å². The maximum atomic E-state index is 14.4. The second-order valence-electron chi connectivity index (χ2n) is 17.9. The number of amides is 6. The molecule has 0 heterocycles. The SMILES string of the molecule is CCCC(NC(=O)CN(CCNC(=O)OC(C)(C)C)C(=O)C(N=C([O-])OCC1c2ccccc2-c2ccccc21)C(C)C)/C(=N/NC(=O)NC(c1ccccc1)c1ccccc1)C(=O)NCC(C)=O. The van der Waals surface area contributed by atoms with Crippen LogP contribution in [0, 0.1) is 5.92 Å². The summed E-state index contributed by atoms with van der Waals surface area (Å²) in [4.78, 5) is 85.7. The minimum atomic E-state index is -1.30.